The normalized spacial score (nSPS) is 10.0. The first kappa shape index (κ1) is 15.0. The number of benzene rings is 1. The van der Waals surface area contributed by atoms with Crippen molar-refractivity contribution in [3.8, 4) is 0 Å². The molecule has 1 aromatic carbocycles. The third-order valence-corrected chi connectivity index (χ3v) is 2.49. The average Bonchev–Trinajstić information content (AvgIpc) is 2.38. The smallest absolute Gasteiger partial charge is 0.335 e. The Morgan fingerprint density at radius 1 is 1.26 bits per heavy atom. The molecule has 104 valence electrons. The molecule has 0 aliphatic carbocycles. The highest BCUT2D eigenvalue weighted by atomic mass is 16.4. The minimum Gasteiger partial charge on any atom is -0.478 e. The number of carbonyl (C=O) groups excluding carboxylic acids is 1. The maximum absolute atomic E-state index is 11.2. The zero-order chi connectivity index (χ0) is 14.3. The Kier molecular flexibility index (Phi) is 5.81. The fourth-order valence-corrected chi connectivity index (χ4v) is 1.46. The molecule has 2 amide bonds. The van der Waals surface area contributed by atoms with Crippen LogP contribution >= 0.6 is 0 Å². The monoisotopic (exact) mass is 265 g/mol. The van der Waals surface area contributed by atoms with Crippen LogP contribution in [0.4, 0.5) is 4.79 Å². The lowest BCUT2D eigenvalue weighted by molar-refractivity contribution is 0.0696. The molecule has 0 aliphatic rings. The highest BCUT2D eigenvalue weighted by molar-refractivity contribution is 5.87. The minimum absolute atomic E-state index is 0.130. The lowest BCUT2D eigenvalue weighted by Gasteiger charge is -2.12. The molecule has 3 N–H and O–H groups in total. The van der Waals surface area contributed by atoms with Crippen molar-refractivity contribution in [3.63, 3.8) is 0 Å². The van der Waals surface area contributed by atoms with Gasteiger partial charge in [-0.1, -0.05) is 12.1 Å². The number of rotatable bonds is 6. The van der Waals surface area contributed by atoms with Crippen LogP contribution in [0, 0.1) is 0 Å². The zero-order valence-electron chi connectivity index (χ0n) is 11.1. The first-order valence-electron chi connectivity index (χ1n) is 5.99. The molecule has 1 aromatic rings. The quantitative estimate of drug-likeness (QED) is 0.663. The van der Waals surface area contributed by atoms with Gasteiger partial charge in [0.2, 0.25) is 0 Å². The van der Waals surface area contributed by atoms with E-state index in [0.717, 1.165) is 5.56 Å². The molecule has 19 heavy (non-hydrogen) atoms. The number of aromatic carboxylic acids is 1. The molecule has 0 bridgehead atoms. The van der Waals surface area contributed by atoms with E-state index in [1.807, 2.05) is 6.07 Å². The van der Waals surface area contributed by atoms with Gasteiger partial charge in [-0.05, 0) is 17.7 Å². The van der Waals surface area contributed by atoms with Crippen molar-refractivity contribution < 1.29 is 14.7 Å². The molecule has 0 radical (unpaired) electrons. The SMILES string of the molecule is CN(C)C(=O)NCCNCc1cccc(C(=O)O)c1. The van der Waals surface area contributed by atoms with Crippen LogP contribution in [0.25, 0.3) is 0 Å². The molecule has 0 saturated heterocycles. The van der Waals surface area contributed by atoms with Crippen LogP contribution in [0.1, 0.15) is 15.9 Å². The molecule has 0 aliphatic heterocycles. The van der Waals surface area contributed by atoms with Gasteiger partial charge < -0.3 is 20.6 Å². The number of urea groups is 1. The Labute approximate surface area is 112 Å². The van der Waals surface area contributed by atoms with Crippen LogP contribution in [0.5, 0.6) is 0 Å². The van der Waals surface area contributed by atoms with Gasteiger partial charge in [0.05, 0.1) is 5.56 Å². The predicted molar refractivity (Wildman–Crippen MR) is 72.2 cm³/mol. The van der Waals surface area contributed by atoms with Gasteiger partial charge in [0.15, 0.2) is 0 Å². The lowest BCUT2D eigenvalue weighted by Crippen LogP contribution is -2.38. The van der Waals surface area contributed by atoms with Gasteiger partial charge in [-0.25, -0.2) is 9.59 Å². The number of hydrogen-bond donors (Lipinski definition) is 3. The number of hydrogen-bond acceptors (Lipinski definition) is 3. The van der Waals surface area contributed by atoms with Crippen molar-refractivity contribution in [2.75, 3.05) is 27.2 Å². The molecular weight excluding hydrogens is 246 g/mol. The molecule has 0 atom stereocenters. The van der Waals surface area contributed by atoms with E-state index in [4.69, 9.17) is 5.11 Å². The number of carbonyl (C=O) groups is 2. The second kappa shape index (κ2) is 7.38. The third-order valence-electron chi connectivity index (χ3n) is 2.49. The molecule has 6 heteroatoms. The summed E-state index contributed by atoms with van der Waals surface area (Å²) >= 11 is 0. The van der Waals surface area contributed by atoms with Gasteiger partial charge >= 0.3 is 12.0 Å². The van der Waals surface area contributed by atoms with Gasteiger partial charge in [0.1, 0.15) is 0 Å². The van der Waals surface area contributed by atoms with Crippen molar-refractivity contribution >= 4 is 12.0 Å². The highest BCUT2D eigenvalue weighted by Crippen LogP contribution is 2.04. The Morgan fingerprint density at radius 2 is 2.00 bits per heavy atom. The summed E-state index contributed by atoms with van der Waals surface area (Å²) in [4.78, 5) is 23.5. The second-order valence-electron chi connectivity index (χ2n) is 4.31. The second-order valence-corrected chi connectivity index (χ2v) is 4.31. The molecule has 0 saturated carbocycles. The first-order valence-corrected chi connectivity index (χ1v) is 5.99. The maximum atomic E-state index is 11.2. The summed E-state index contributed by atoms with van der Waals surface area (Å²) in [5.74, 6) is -0.930. The van der Waals surface area contributed by atoms with E-state index in [9.17, 15) is 9.59 Å². The Balaban J connectivity index is 2.28. The first-order chi connectivity index (χ1) is 9.00. The van der Waals surface area contributed by atoms with E-state index in [1.165, 1.54) is 4.90 Å². The summed E-state index contributed by atoms with van der Waals surface area (Å²) in [6, 6.07) is 6.64. The van der Waals surface area contributed by atoms with Crippen LogP contribution in [-0.4, -0.2) is 49.2 Å². The van der Waals surface area contributed by atoms with Crippen LogP contribution in [0.15, 0.2) is 24.3 Å². The summed E-state index contributed by atoms with van der Waals surface area (Å²) in [6.07, 6.45) is 0. The van der Waals surface area contributed by atoms with Gasteiger partial charge in [0, 0.05) is 33.7 Å². The van der Waals surface area contributed by atoms with Crippen molar-refractivity contribution in [2.45, 2.75) is 6.54 Å². The van der Waals surface area contributed by atoms with Crippen LogP contribution < -0.4 is 10.6 Å². The fraction of sp³-hybridized carbons (Fsp3) is 0.385. The van der Waals surface area contributed by atoms with Gasteiger partial charge in [0.25, 0.3) is 0 Å². The van der Waals surface area contributed by atoms with E-state index in [0.29, 0.717) is 19.6 Å². The summed E-state index contributed by atoms with van der Waals surface area (Å²) < 4.78 is 0. The Morgan fingerprint density at radius 3 is 2.63 bits per heavy atom. The van der Waals surface area contributed by atoms with E-state index >= 15 is 0 Å². The molecule has 0 unspecified atom stereocenters. The van der Waals surface area contributed by atoms with Crippen molar-refractivity contribution in [3.05, 3.63) is 35.4 Å². The summed E-state index contributed by atoms with van der Waals surface area (Å²) in [5, 5.41) is 14.7. The third kappa shape index (κ3) is 5.39. The number of carboxylic acids is 1. The standard InChI is InChI=1S/C13H19N3O3/c1-16(2)13(19)15-7-6-14-9-10-4-3-5-11(8-10)12(17)18/h3-5,8,14H,6-7,9H2,1-2H3,(H,15,19)(H,17,18). The number of nitrogens with one attached hydrogen (secondary N) is 2. The summed E-state index contributed by atoms with van der Waals surface area (Å²) in [6.45, 7) is 1.71. The highest BCUT2D eigenvalue weighted by Gasteiger charge is 2.03. The largest absolute Gasteiger partial charge is 0.478 e. The van der Waals surface area contributed by atoms with E-state index in [1.54, 1.807) is 32.3 Å². The molecule has 0 aromatic heterocycles. The Hall–Kier alpha value is -2.08. The molecular formula is C13H19N3O3. The minimum atomic E-state index is -0.930. The van der Waals surface area contributed by atoms with E-state index in [2.05, 4.69) is 10.6 Å². The molecule has 6 nitrogen and oxygen atoms in total. The van der Waals surface area contributed by atoms with Crippen LogP contribution in [0.2, 0.25) is 0 Å². The molecule has 0 spiro atoms. The number of carboxylic acid groups (broad SMARTS) is 1. The molecule has 0 fully saturated rings. The predicted octanol–water partition coefficient (Wildman–Crippen LogP) is 0.746. The number of amides is 2. The topological polar surface area (TPSA) is 81.7 Å². The van der Waals surface area contributed by atoms with E-state index < -0.39 is 5.97 Å². The molecule has 1 rings (SSSR count). The molecule has 0 heterocycles. The Bertz CT molecular complexity index is 447. The fourth-order valence-electron chi connectivity index (χ4n) is 1.46. The van der Waals surface area contributed by atoms with Crippen LogP contribution in [-0.2, 0) is 6.54 Å². The summed E-state index contributed by atoms with van der Waals surface area (Å²) in [5.41, 5.74) is 1.18. The van der Waals surface area contributed by atoms with Crippen LogP contribution in [0.3, 0.4) is 0 Å². The van der Waals surface area contributed by atoms with Gasteiger partial charge in [-0.2, -0.15) is 0 Å². The lowest BCUT2D eigenvalue weighted by atomic mass is 10.1. The van der Waals surface area contributed by atoms with Gasteiger partial charge in [-0.3, -0.25) is 0 Å². The van der Waals surface area contributed by atoms with Crippen molar-refractivity contribution in [1.29, 1.82) is 0 Å². The maximum Gasteiger partial charge on any atom is 0.335 e. The summed E-state index contributed by atoms with van der Waals surface area (Å²) in [7, 11) is 3.36. The van der Waals surface area contributed by atoms with Crippen molar-refractivity contribution in [1.82, 2.24) is 15.5 Å². The number of nitrogens with zero attached hydrogens (tertiary/aromatic N) is 1. The van der Waals surface area contributed by atoms with E-state index in [-0.39, 0.29) is 11.6 Å². The van der Waals surface area contributed by atoms with Crippen molar-refractivity contribution in [2.24, 2.45) is 0 Å². The zero-order valence-corrected chi connectivity index (χ0v) is 11.1. The van der Waals surface area contributed by atoms with Gasteiger partial charge in [-0.15, -0.1) is 0 Å². The average molecular weight is 265 g/mol.